The van der Waals surface area contributed by atoms with E-state index in [0.29, 0.717) is 27.9 Å². The number of fused-ring (bicyclic) bond motifs is 1. The Bertz CT molecular complexity index is 1280. The Balaban J connectivity index is 0.00000289. The van der Waals surface area contributed by atoms with Crippen LogP contribution in [-0.2, 0) is 11.2 Å². The van der Waals surface area contributed by atoms with Crippen LogP contribution >= 0.6 is 11.7 Å². The van der Waals surface area contributed by atoms with Crippen LogP contribution in [0.3, 0.4) is 0 Å². The van der Waals surface area contributed by atoms with Crippen LogP contribution in [0.1, 0.15) is 21.5 Å². The van der Waals surface area contributed by atoms with Gasteiger partial charge in [-0.2, -0.15) is 8.75 Å². The van der Waals surface area contributed by atoms with Gasteiger partial charge in [0.05, 0.1) is 24.8 Å². The molecule has 154 valence electrons. The topological polar surface area (TPSA) is 92.2 Å². The van der Waals surface area contributed by atoms with E-state index in [-0.39, 0.29) is 52.9 Å². The minimum atomic E-state index is -1.42. The van der Waals surface area contributed by atoms with Crippen molar-refractivity contribution in [2.45, 2.75) is 6.42 Å². The summed E-state index contributed by atoms with van der Waals surface area (Å²) in [6, 6.07) is 20.7. The van der Waals surface area contributed by atoms with Gasteiger partial charge in [0.2, 0.25) is 0 Å². The summed E-state index contributed by atoms with van der Waals surface area (Å²) in [4.78, 5) is 25.7. The van der Waals surface area contributed by atoms with Crippen molar-refractivity contribution in [3.63, 3.8) is 0 Å². The van der Waals surface area contributed by atoms with Gasteiger partial charge in [-0.3, -0.25) is 4.79 Å². The van der Waals surface area contributed by atoms with Gasteiger partial charge in [-0.15, -0.1) is 0 Å². The number of rotatable bonds is 7. The molecule has 4 rings (SSSR count). The molecule has 0 aliphatic heterocycles. The molecule has 0 radical (unpaired) electrons. The van der Waals surface area contributed by atoms with Crippen LogP contribution < -0.4 is 39.4 Å². The number of ether oxygens (including phenoxy) is 1. The first kappa shape index (κ1) is 23.8. The Labute approximate surface area is 211 Å². The van der Waals surface area contributed by atoms with Crippen LogP contribution in [0.4, 0.5) is 0 Å². The van der Waals surface area contributed by atoms with Gasteiger partial charge in [0.15, 0.2) is 5.78 Å². The van der Waals surface area contributed by atoms with Crippen LogP contribution in [0.2, 0.25) is 0 Å². The van der Waals surface area contributed by atoms with Crippen molar-refractivity contribution < 1.29 is 49.0 Å². The van der Waals surface area contributed by atoms with Gasteiger partial charge < -0.3 is 14.6 Å². The van der Waals surface area contributed by atoms with Crippen molar-refractivity contribution in [1.29, 1.82) is 0 Å². The van der Waals surface area contributed by atoms with Gasteiger partial charge in [-0.25, -0.2) is 0 Å². The molecule has 0 bridgehead atoms. The molecule has 0 aliphatic carbocycles. The summed E-state index contributed by atoms with van der Waals surface area (Å²) in [5.74, 6) is -1.12. The van der Waals surface area contributed by atoms with Gasteiger partial charge in [-0.1, -0.05) is 48.5 Å². The van der Waals surface area contributed by atoms with Crippen molar-refractivity contribution in [1.82, 2.24) is 8.75 Å². The fourth-order valence-electron chi connectivity index (χ4n) is 3.35. The first-order valence-electron chi connectivity index (χ1n) is 9.46. The maximum Gasteiger partial charge on any atom is 1.00 e. The number of carboxylic acids is 1. The fourth-order valence-corrected chi connectivity index (χ4v) is 3.86. The second kappa shape index (κ2) is 10.7. The third-order valence-corrected chi connectivity index (χ3v) is 5.46. The van der Waals surface area contributed by atoms with E-state index < -0.39 is 5.97 Å². The van der Waals surface area contributed by atoms with Gasteiger partial charge in [0, 0.05) is 23.1 Å². The maximum atomic E-state index is 13.4. The molecule has 0 saturated heterocycles. The smallest absolute Gasteiger partial charge is 0.545 e. The summed E-state index contributed by atoms with van der Waals surface area (Å²) in [6.45, 7) is 0. The van der Waals surface area contributed by atoms with E-state index in [9.17, 15) is 14.7 Å². The molecular weight excluding hydrogens is 435 g/mol. The van der Waals surface area contributed by atoms with E-state index in [0.717, 1.165) is 17.3 Å². The number of carbonyl (C=O) groups excluding carboxylic acids is 2. The van der Waals surface area contributed by atoms with Crippen molar-refractivity contribution in [3.05, 3.63) is 95.1 Å². The predicted octanol–water partition coefficient (Wildman–Crippen LogP) is 0.333. The summed E-state index contributed by atoms with van der Waals surface area (Å²) in [5, 5.41) is 12.3. The quantitative estimate of drug-likeness (QED) is 0.228. The number of methoxy groups -OCH3 is 1. The molecule has 4 aromatic rings. The Morgan fingerprint density at radius 1 is 0.906 bits per heavy atom. The molecule has 1 heterocycles. The number of Topliss-reactive ketones (excluding diaryl/α,β-unsaturated/α-hetero) is 1. The minimum Gasteiger partial charge on any atom is -0.545 e. The Hall–Kier alpha value is -2.84. The molecule has 0 saturated carbocycles. The van der Waals surface area contributed by atoms with Gasteiger partial charge >= 0.3 is 29.6 Å². The molecule has 3 aromatic carbocycles. The normalized spacial score (nSPS) is 11.4. The van der Waals surface area contributed by atoms with E-state index in [1.54, 1.807) is 79.9 Å². The molecular formula is C24H17N2NaO4S. The zero-order chi connectivity index (χ0) is 21.8. The van der Waals surface area contributed by atoms with E-state index in [1.807, 2.05) is 0 Å². The van der Waals surface area contributed by atoms with Gasteiger partial charge in [0.1, 0.15) is 16.8 Å². The molecule has 32 heavy (non-hydrogen) atoms. The van der Waals surface area contributed by atoms with Crippen LogP contribution in [0.5, 0.6) is 5.75 Å². The third-order valence-electron chi connectivity index (χ3n) is 4.90. The number of ketones is 1. The Morgan fingerprint density at radius 2 is 1.59 bits per heavy atom. The van der Waals surface area contributed by atoms with Crippen molar-refractivity contribution in [2.75, 3.05) is 7.11 Å². The number of aromatic nitrogens is 2. The van der Waals surface area contributed by atoms with Gasteiger partial charge in [-0.05, 0) is 35.4 Å². The number of carboxylic acid groups (broad SMARTS) is 1. The molecule has 0 spiro atoms. The number of allylic oxidation sites excluding steroid dienone is 1. The molecule has 0 atom stereocenters. The summed E-state index contributed by atoms with van der Waals surface area (Å²) >= 11 is 1.04. The summed E-state index contributed by atoms with van der Waals surface area (Å²) in [6.07, 6.45) is 0.119. The molecule has 8 heteroatoms. The molecule has 6 nitrogen and oxygen atoms in total. The van der Waals surface area contributed by atoms with E-state index in [4.69, 9.17) is 4.74 Å². The Kier molecular flexibility index (Phi) is 7.93. The van der Waals surface area contributed by atoms with Gasteiger partial charge in [0.25, 0.3) is 0 Å². The Morgan fingerprint density at radius 3 is 2.25 bits per heavy atom. The third kappa shape index (κ3) is 5.14. The first-order valence-corrected chi connectivity index (χ1v) is 10.2. The molecule has 0 amide bonds. The minimum absolute atomic E-state index is 0. The number of nitrogens with zero attached hydrogens (tertiary/aromatic N) is 2. The summed E-state index contributed by atoms with van der Waals surface area (Å²) in [7, 11) is 1.57. The number of carbonyl (C=O) groups is 2. The fraction of sp³-hybridized carbons (Fsp3) is 0.0833. The van der Waals surface area contributed by atoms with E-state index in [1.165, 1.54) is 0 Å². The van der Waals surface area contributed by atoms with Crippen LogP contribution in [-0.4, -0.2) is 27.6 Å². The van der Waals surface area contributed by atoms with Crippen molar-refractivity contribution in [2.24, 2.45) is 0 Å². The molecule has 0 aliphatic rings. The molecule has 1 aromatic heterocycles. The number of aliphatic carboxylic acids is 1. The second-order valence-electron chi connectivity index (χ2n) is 6.83. The number of benzene rings is 3. The molecule has 0 fully saturated rings. The van der Waals surface area contributed by atoms with E-state index >= 15 is 0 Å². The average Bonchev–Trinajstić information content (AvgIpc) is 3.27. The summed E-state index contributed by atoms with van der Waals surface area (Å²) in [5.41, 5.74) is 2.75. The standard InChI is InChI=1S/C24H18N2O4S.Na/c1-30-18-10-7-15(8-11-18)13-19(23(27)16-5-3-2-4-6-16)22(24(28)29)17-9-12-20-21(14-17)26-31-25-20;/h2-12,14H,13H2,1H3,(H,28,29);/q;+1/p-1. The average molecular weight is 452 g/mol. The zero-order valence-electron chi connectivity index (χ0n) is 17.6. The monoisotopic (exact) mass is 452 g/mol. The SMILES string of the molecule is COc1ccc(CC(C(=O)c2ccccc2)=C(C(=O)[O-])c2ccc3nsnc3c2)cc1.[Na+]. The first-order chi connectivity index (χ1) is 15.1. The predicted molar refractivity (Wildman–Crippen MR) is 117 cm³/mol. The van der Waals surface area contributed by atoms with Crippen molar-refractivity contribution in [3.8, 4) is 5.75 Å². The number of hydrogen-bond acceptors (Lipinski definition) is 7. The maximum absolute atomic E-state index is 13.4. The van der Waals surface area contributed by atoms with Crippen LogP contribution in [0.15, 0.2) is 78.4 Å². The second-order valence-corrected chi connectivity index (χ2v) is 7.36. The van der Waals surface area contributed by atoms with Crippen LogP contribution in [0.25, 0.3) is 16.6 Å². The van der Waals surface area contributed by atoms with Crippen molar-refractivity contribution >= 4 is 40.1 Å². The largest absolute Gasteiger partial charge is 1.00 e. The van der Waals surface area contributed by atoms with E-state index in [2.05, 4.69) is 8.75 Å². The molecule has 0 N–H and O–H groups in total. The van der Waals surface area contributed by atoms with Crippen LogP contribution in [0, 0.1) is 0 Å². The molecule has 0 unspecified atom stereocenters. The number of hydrogen-bond donors (Lipinski definition) is 0. The summed E-state index contributed by atoms with van der Waals surface area (Å²) < 4.78 is 13.5. The zero-order valence-corrected chi connectivity index (χ0v) is 20.4.